The molecule has 0 spiro atoms. The summed E-state index contributed by atoms with van der Waals surface area (Å²) < 4.78 is 8.55. The zero-order chi connectivity index (χ0) is 4.50. The van der Waals surface area contributed by atoms with E-state index in [1.165, 1.54) is 0 Å². The summed E-state index contributed by atoms with van der Waals surface area (Å²) in [6.07, 6.45) is 0. The smallest absolute Gasteiger partial charge is 0.870 e. The topological polar surface area (TPSA) is 116 Å². The predicted molar refractivity (Wildman–Crippen MR) is 9.54 cm³/mol. The van der Waals surface area contributed by atoms with Gasteiger partial charge in [-0.2, -0.15) is 7.82 Å². The second-order valence-electron chi connectivity index (χ2n) is 0.447. The predicted octanol–water partition coefficient (Wildman–Crippen LogP) is -3.00. The molecular weight excluding hydrogens is 202 g/mol. The molecule has 40 valence electrons. The van der Waals surface area contributed by atoms with Crippen LogP contribution in [-0.4, -0.2) is 5.48 Å². The maximum Gasteiger partial charge on any atom is 4.00 e. The molecule has 0 radical (unpaired) electrons. The Morgan fingerprint density at radius 3 is 1.14 bits per heavy atom. The molecule has 0 rings (SSSR count). The normalized spacial score (nSPS) is 8.43. The van der Waals surface area contributed by atoms with Crippen molar-refractivity contribution in [3.63, 3.8) is 0 Å². The summed E-state index contributed by atoms with van der Waals surface area (Å²) in [7, 11) is -5.39. The molecule has 0 atom stereocenters. The van der Waals surface area contributed by atoms with E-state index >= 15 is 0 Å². The Morgan fingerprint density at radius 2 is 1.14 bits per heavy atom. The molecule has 0 aromatic heterocycles. The second-order valence-corrected chi connectivity index (χ2v) is 1.34. The van der Waals surface area contributed by atoms with E-state index in [1.54, 1.807) is 0 Å². The van der Waals surface area contributed by atoms with Gasteiger partial charge in [0.1, 0.15) is 0 Å². The van der Waals surface area contributed by atoms with Crippen molar-refractivity contribution in [1.29, 1.82) is 0 Å². The molecule has 5 nitrogen and oxygen atoms in total. The Labute approximate surface area is 59.0 Å². The minimum Gasteiger partial charge on any atom is -0.870 e. The van der Waals surface area contributed by atoms with Crippen molar-refractivity contribution in [2.75, 3.05) is 0 Å². The molecule has 0 aromatic rings. The van der Waals surface area contributed by atoms with Crippen molar-refractivity contribution in [2.45, 2.75) is 0 Å². The van der Waals surface area contributed by atoms with Crippen LogP contribution in [-0.2, 0) is 30.8 Å². The summed E-state index contributed by atoms with van der Waals surface area (Å²) in [4.78, 5) is 25.6. The molecule has 0 aromatic carbocycles. The zero-order valence-corrected chi connectivity index (χ0v) is 6.38. The van der Waals surface area contributed by atoms with Crippen molar-refractivity contribution in [3.05, 3.63) is 0 Å². The summed E-state index contributed by atoms with van der Waals surface area (Å²) >= 11 is 0. The monoisotopic (exact) mass is 202 g/mol. The fraction of sp³-hybridized carbons (Fsp3) is 0. The van der Waals surface area contributed by atoms with Gasteiger partial charge in [-0.05, 0) is 0 Å². The summed E-state index contributed by atoms with van der Waals surface area (Å²) in [6.45, 7) is 0. The largest absolute Gasteiger partial charge is 4.00 e. The SMILES string of the molecule is O=P([O-])([O-])[O-].[OH-].[Zr+4]. The Balaban J connectivity index is -0.0000000800. The van der Waals surface area contributed by atoms with E-state index in [2.05, 4.69) is 0 Å². The van der Waals surface area contributed by atoms with Gasteiger partial charge in [0.2, 0.25) is 0 Å². The first-order chi connectivity index (χ1) is 2.00. The molecule has 0 aliphatic heterocycles. The summed E-state index contributed by atoms with van der Waals surface area (Å²) in [5.41, 5.74) is 0. The third-order valence-electron chi connectivity index (χ3n) is 0. The second kappa shape index (κ2) is 5.10. The minimum atomic E-state index is -5.39. The van der Waals surface area contributed by atoms with E-state index in [0.29, 0.717) is 0 Å². The molecule has 0 amide bonds. The molecule has 0 fully saturated rings. The van der Waals surface area contributed by atoms with E-state index in [4.69, 9.17) is 19.2 Å². The van der Waals surface area contributed by atoms with Gasteiger partial charge < -0.3 is 24.7 Å². The number of phosphoric acid groups is 1. The van der Waals surface area contributed by atoms with Crippen LogP contribution in [0.15, 0.2) is 0 Å². The van der Waals surface area contributed by atoms with Crippen LogP contribution < -0.4 is 14.7 Å². The molecular formula is HO5PZr. The van der Waals surface area contributed by atoms with Gasteiger partial charge in [0.05, 0.1) is 0 Å². The Hall–Kier alpha value is 0.953. The first-order valence-corrected chi connectivity index (χ1v) is 2.19. The maximum absolute atomic E-state index is 8.55. The fourth-order valence-electron chi connectivity index (χ4n) is 0. The fourth-order valence-corrected chi connectivity index (χ4v) is 0. The minimum absolute atomic E-state index is 0. The van der Waals surface area contributed by atoms with E-state index in [1.807, 2.05) is 0 Å². The quantitative estimate of drug-likeness (QED) is 0.389. The molecule has 0 bridgehead atoms. The summed E-state index contributed by atoms with van der Waals surface area (Å²) in [6, 6.07) is 0. The molecule has 7 heavy (non-hydrogen) atoms. The first kappa shape index (κ1) is 15.7. The maximum atomic E-state index is 8.55. The van der Waals surface area contributed by atoms with Crippen molar-refractivity contribution in [3.8, 4) is 0 Å². The average molecular weight is 203 g/mol. The van der Waals surface area contributed by atoms with Crippen LogP contribution in [0, 0.1) is 0 Å². The van der Waals surface area contributed by atoms with E-state index in [0.717, 1.165) is 0 Å². The van der Waals surface area contributed by atoms with Gasteiger partial charge in [0, 0.05) is 0 Å². The molecule has 0 aliphatic rings. The van der Waals surface area contributed by atoms with Crippen LogP contribution in [0.3, 0.4) is 0 Å². The first-order valence-electron chi connectivity index (χ1n) is 0.730. The number of hydrogen-bond donors (Lipinski definition) is 0. The van der Waals surface area contributed by atoms with Crippen LogP contribution in [0.5, 0.6) is 0 Å². The molecule has 1 N–H and O–H groups in total. The Morgan fingerprint density at radius 1 is 1.14 bits per heavy atom. The van der Waals surface area contributed by atoms with E-state index in [-0.39, 0.29) is 31.7 Å². The molecule has 0 aliphatic carbocycles. The third-order valence-corrected chi connectivity index (χ3v) is 0. The van der Waals surface area contributed by atoms with E-state index < -0.39 is 7.82 Å². The van der Waals surface area contributed by atoms with Gasteiger partial charge in [-0.15, -0.1) is 0 Å². The van der Waals surface area contributed by atoms with Crippen molar-refractivity contribution in [1.82, 2.24) is 0 Å². The van der Waals surface area contributed by atoms with Gasteiger partial charge in [0.25, 0.3) is 0 Å². The Bertz CT molecular complexity index is 54.2. The number of rotatable bonds is 0. The Kier molecular flexibility index (Phi) is 11.4. The molecule has 0 saturated carbocycles. The molecule has 0 saturated heterocycles. The zero-order valence-electron chi connectivity index (χ0n) is 3.03. The number of hydrogen-bond acceptors (Lipinski definition) is 5. The van der Waals surface area contributed by atoms with Gasteiger partial charge in [-0.25, -0.2) is 0 Å². The molecule has 0 unspecified atom stereocenters. The summed E-state index contributed by atoms with van der Waals surface area (Å²) in [5.74, 6) is 0. The van der Waals surface area contributed by atoms with Crippen LogP contribution in [0.1, 0.15) is 0 Å². The van der Waals surface area contributed by atoms with Crippen LogP contribution in [0.2, 0.25) is 0 Å². The third kappa shape index (κ3) is 188. The van der Waals surface area contributed by atoms with Gasteiger partial charge >= 0.3 is 26.2 Å². The molecule has 7 heteroatoms. The van der Waals surface area contributed by atoms with Crippen LogP contribution >= 0.6 is 7.82 Å². The van der Waals surface area contributed by atoms with E-state index in [9.17, 15) is 0 Å². The van der Waals surface area contributed by atoms with Crippen LogP contribution in [0.25, 0.3) is 0 Å². The van der Waals surface area contributed by atoms with Gasteiger partial charge in [-0.3, -0.25) is 0 Å². The van der Waals surface area contributed by atoms with Crippen LogP contribution in [0.4, 0.5) is 0 Å². The standard InChI is InChI=1S/H3O4P.H2O.Zr/c1-5(2,3)4;;/h(H3,1,2,3,4);1H2;/q;;+4/p-4. The van der Waals surface area contributed by atoms with Gasteiger partial charge in [0.15, 0.2) is 0 Å². The van der Waals surface area contributed by atoms with Crippen molar-refractivity contribution < 1.29 is 50.9 Å². The summed E-state index contributed by atoms with van der Waals surface area (Å²) in [5, 5.41) is 0. The van der Waals surface area contributed by atoms with Gasteiger partial charge in [-0.1, -0.05) is 0 Å². The van der Waals surface area contributed by atoms with Crippen molar-refractivity contribution in [2.24, 2.45) is 0 Å². The van der Waals surface area contributed by atoms with Crippen molar-refractivity contribution >= 4 is 7.82 Å². The molecule has 0 heterocycles. The average Bonchev–Trinajstić information content (AvgIpc) is 0.722.